The fraction of sp³-hybridized carbons (Fsp3) is 0.308. The maximum absolute atomic E-state index is 11.8. The summed E-state index contributed by atoms with van der Waals surface area (Å²) in [5.41, 5.74) is 0.352. The highest BCUT2D eigenvalue weighted by Gasteiger charge is 2.39. The Morgan fingerprint density at radius 1 is 1.26 bits per heavy atom. The molecule has 0 aliphatic carbocycles. The van der Waals surface area contributed by atoms with Gasteiger partial charge in [-0.3, -0.25) is 9.59 Å². The third-order valence-electron chi connectivity index (χ3n) is 2.78. The summed E-state index contributed by atoms with van der Waals surface area (Å²) in [6.45, 7) is -0.0989. The number of rotatable bonds is 3. The highest BCUT2D eigenvalue weighted by molar-refractivity contribution is 5.92. The summed E-state index contributed by atoms with van der Waals surface area (Å²) in [6, 6.07) is 7.49. The topological polar surface area (TPSA) is 72.9 Å². The number of hydrogen-bond donors (Lipinski definition) is 0. The summed E-state index contributed by atoms with van der Waals surface area (Å²) in [4.78, 5) is 39.8. The van der Waals surface area contributed by atoms with Crippen LogP contribution in [0.2, 0.25) is 0 Å². The van der Waals surface area contributed by atoms with Gasteiger partial charge in [0, 0.05) is 6.42 Å². The number of benzene rings is 1. The summed E-state index contributed by atoms with van der Waals surface area (Å²) in [5.74, 6) is -1.37. The van der Waals surface area contributed by atoms with Crippen LogP contribution in [-0.4, -0.2) is 42.5 Å². The van der Waals surface area contributed by atoms with Crippen molar-refractivity contribution in [2.24, 2.45) is 0 Å². The van der Waals surface area contributed by atoms with Crippen molar-refractivity contribution in [2.75, 3.05) is 13.7 Å². The van der Waals surface area contributed by atoms with E-state index in [1.54, 1.807) is 30.3 Å². The van der Waals surface area contributed by atoms with Crippen molar-refractivity contribution in [2.45, 2.75) is 12.5 Å². The lowest BCUT2D eigenvalue weighted by molar-refractivity contribution is -0.166. The van der Waals surface area contributed by atoms with Crippen molar-refractivity contribution in [3.63, 3.8) is 0 Å². The lowest BCUT2D eigenvalue weighted by atomic mass is 10.2. The molecule has 1 aliphatic rings. The van der Waals surface area contributed by atoms with Gasteiger partial charge in [-0.2, -0.15) is 0 Å². The molecule has 1 saturated heterocycles. The van der Waals surface area contributed by atoms with Gasteiger partial charge in [-0.25, -0.2) is 4.79 Å². The Bertz CT molecular complexity index is 499. The Morgan fingerprint density at radius 2 is 1.95 bits per heavy atom. The Hall–Kier alpha value is -2.21. The van der Waals surface area contributed by atoms with Gasteiger partial charge in [-0.15, -0.1) is 5.06 Å². The summed E-state index contributed by atoms with van der Waals surface area (Å²) in [7, 11) is 1.22. The number of hydrogen-bond acceptors (Lipinski definition) is 6. The predicted octanol–water partition coefficient (Wildman–Crippen LogP) is 0.575. The molecule has 1 fully saturated rings. The Morgan fingerprint density at radius 3 is 2.58 bits per heavy atom. The van der Waals surface area contributed by atoms with Gasteiger partial charge in [0.2, 0.25) is 0 Å². The lowest BCUT2D eigenvalue weighted by Gasteiger charge is -2.19. The van der Waals surface area contributed by atoms with Gasteiger partial charge in [0.15, 0.2) is 11.8 Å². The molecule has 100 valence electrons. The van der Waals surface area contributed by atoms with Crippen molar-refractivity contribution < 1.29 is 24.0 Å². The molecule has 0 bridgehead atoms. The molecule has 0 aromatic heterocycles. The van der Waals surface area contributed by atoms with Crippen molar-refractivity contribution >= 4 is 17.7 Å². The zero-order valence-corrected chi connectivity index (χ0v) is 10.4. The van der Waals surface area contributed by atoms with Crippen LogP contribution >= 0.6 is 0 Å². The molecular formula is C13H13NO5. The van der Waals surface area contributed by atoms with E-state index in [-0.39, 0.29) is 18.7 Å². The quantitative estimate of drug-likeness (QED) is 0.742. The van der Waals surface area contributed by atoms with Crippen LogP contribution in [0.25, 0.3) is 0 Å². The SMILES string of the molecule is COC(=O)[C@@H]1CC(=O)CN1OC(=O)c1ccccc1. The molecule has 1 heterocycles. The molecule has 1 aliphatic heterocycles. The van der Waals surface area contributed by atoms with E-state index in [1.165, 1.54) is 7.11 Å². The molecule has 1 atom stereocenters. The third kappa shape index (κ3) is 2.97. The number of carbonyl (C=O) groups excluding carboxylic acids is 3. The minimum Gasteiger partial charge on any atom is -0.468 e. The first-order valence-corrected chi connectivity index (χ1v) is 5.75. The summed E-state index contributed by atoms with van der Waals surface area (Å²) < 4.78 is 4.58. The molecule has 2 rings (SSSR count). The highest BCUT2D eigenvalue weighted by Crippen LogP contribution is 2.17. The van der Waals surface area contributed by atoms with E-state index in [2.05, 4.69) is 4.74 Å². The average molecular weight is 263 g/mol. The minimum absolute atomic E-state index is 0.00522. The predicted molar refractivity (Wildman–Crippen MR) is 64.0 cm³/mol. The number of Topliss-reactive ketones (excluding diaryl/α,β-unsaturated/α-hetero) is 1. The van der Waals surface area contributed by atoms with Gasteiger partial charge in [0.05, 0.1) is 19.2 Å². The number of ether oxygens (including phenoxy) is 1. The van der Waals surface area contributed by atoms with E-state index in [0.29, 0.717) is 5.56 Å². The molecular weight excluding hydrogens is 250 g/mol. The molecule has 19 heavy (non-hydrogen) atoms. The maximum Gasteiger partial charge on any atom is 0.357 e. The first-order valence-electron chi connectivity index (χ1n) is 5.75. The molecule has 0 saturated carbocycles. The molecule has 0 spiro atoms. The number of ketones is 1. The van der Waals surface area contributed by atoms with Gasteiger partial charge in [0.1, 0.15) is 0 Å². The zero-order chi connectivity index (χ0) is 13.8. The number of hydroxylamine groups is 2. The second-order valence-corrected chi connectivity index (χ2v) is 4.10. The van der Waals surface area contributed by atoms with E-state index >= 15 is 0 Å². The number of esters is 1. The first-order chi connectivity index (χ1) is 9.11. The number of carbonyl (C=O) groups is 3. The van der Waals surface area contributed by atoms with Gasteiger partial charge in [0.25, 0.3) is 0 Å². The standard InChI is InChI=1S/C13H13NO5/c1-18-13(17)11-7-10(15)8-14(11)19-12(16)9-5-3-2-4-6-9/h2-6,11H,7-8H2,1H3/t11-/m0/s1. The number of methoxy groups -OCH3 is 1. The Labute approximate surface area is 109 Å². The van der Waals surface area contributed by atoms with Crippen LogP contribution in [-0.2, 0) is 19.2 Å². The van der Waals surface area contributed by atoms with Crippen molar-refractivity contribution in [3.8, 4) is 0 Å². The monoisotopic (exact) mass is 263 g/mol. The smallest absolute Gasteiger partial charge is 0.357 e. The summed E-state index contributed by atoms with van der Waals surface area (Å²) in [5, 5.41) is 1.07. The van der Waals surface area contributed by atoms with Crippen molar-refractivity contribution in [3.05, 3.63) is 35.9 Å². The molecule has 6 heteroatoms. The zero-order valence-electron chi connectivity index (χ0n) is 10.4. The van der Waals surface area contributed by atoms with Gasteiger partial charge < -0.3 is 9.57 Å². The van der Waals surface area contributed by atoms with Gasteiger partial charge in [-0.1, -0.05) is 18.2 Å². The van der Waals surface area contributed by atoms with Crippen LogP contribution in [0.15, 0.2) is 30.3 Å². The van der Waals surface area contributed by atoms with E-state index in [1.807, 2.05) is 0 Å². The largest absolute Gasteiger partial charge is 0.468 e. The van der Waals surface area contributed by atoms with E-state index in [4.69, 9.17) is 4.84 Å². The van der Waals surface area contributed by atoms with Crippen LogP contribution in [0, 0.1) is 0 Å². The Kier molecular flexibility index (Phi) is 3.91. The molecule has 0 amide bonds. The summed E-state index contributed by atoms with van der Waals surface area (Å²) >= 11 is 0. The fourth-order valence-corrected chi connectivity index (χ4v) is 1.83. The van der Waals surface area contributed by atoms with Crippen LogP contribution in [0.3, 0.4) is 0 Å². The van der Waals surface area contributed by atoms with Crippen LogP contribution < -0.4 is 0 Å². The maximum atomic E-state index is 11.8. The molecule has 0 N–H and O–H groups in total. The van der Waals surface area contributed by atoms with Crippen LogP contribution in [0.5, 0.6) is 0 Å². The van der Waals surface area contributed by atoms with Gasteiger partial charge in [-0.05, 0) is 12.1 Å². The average Bonchev–Trinajstić information content (AvgIpc) is 2.79. The molecule has 1 aromatic carbocycles. The van der Waals surface area contributed by atoms with Crippen LogP contribution in [0.1, 0.15) is 16.8 Å². The fourth-order valence-electron chi connectivity index (χ4n) is 1.83. The third-order valence-corrected chi connectivity index (χ3v) is 2.78. The van der Waals surface area contributed by atoms with Crippen LogP contribution in [0.4, 0.5) is 0 Å². The van der Waals surface area contributed by atoms with Crippen molar-refractivity contribution in [1.29, 1.82) is 0 Å². The van der Waals surface area contributed by atoms with Gasteiger partial charge >= 0.3 is 11.9 Å². The molecule has 1 aromatic rings. The van der Waals surface area contributed by atoms with E-state index in [0.717, 1.165) is 5.06 Å². The minimum atomic E-state index is -0.856. The second kappa shape index (κ2) is 5.62. The van der Waals surface area contributed by atoms with Crippen molar-refractivity contribution in [1.82, 2.24) is 5.06 Å². The normalized spacial score (nSPS) is 19.2. The number of nitrogens with zero attached hydrogens (tertiary/aromatic N) is 1. The molecule has 0 unspecified atom stereocenters. The highest BCUT2D eigenvalue weighted by atomic mass is 16.7. The Balaban J connectivity index is 2.07. The van der Waals surface area contributed by atoms with E-state index in [9.17, 15) is 14.4 Å². The lowest BCUT2D eigenvalue weighted by Crippen LogP contribution is -2.38. The molecule has 6 nitrogen and oxygen atoms in total. The second-order valence-electron chi connectivity index (χ2n) is 4.10. The van der Waals surface area contributed by atoms with E-state index < -0.39 is 18.0 Å². The first kappa shape index (κ1) is 13.2. The molecule has 0 radical (unpaired) electrons. The summed E-state index contributed by atoms with van der Waals surface area (Å²) in [6.07, 6.45) is -0.00522.